The molecule has 146 valence electrons. The Morgan fingerprint density at radius 1 is 1.18 bits per heavy atom. The van der Waals surface area contributed by atoms with E-state index >= 15 is 0 Å². The van der Waals surface area contributed by atoms with Crippen molar-refractivity contribution < 1.29 is 23.4 Å². The van der Waals surface area contributed by atoms with E-state index in [2.05, 4.69) is 9.88 Å². The minimum Gasteiger partial charge on any atom is -0.478 e. The number of aryl methyl sites for hydroxylation is 2. The molecule has 0 spiro atoms. The smallest absolute Gasteiger partial charge is 0.338 e. The van der Waals surface area contributed by atoms with Crippen LogP contribution in [0, 0.1) is 25.6 Å². The molecule has 2 aromatic heterocycles. The molecule has 1 saturated heterocycles. The van der Waals surface area contributed by atoms with Gasteiger partial charge in [-0.1, -0.05) is 0 Å². The van der Waals surface area contributed by atoms with Crippen molar-refractivity contribution in [2.75, 3.05) is 31.2 Å². The van der Waals surface area contributed by atoms with Gasteiger partial charge in [-0.15, -0.1) is 0 Å². The van der Waals surface area contributed by atoms with E-state index in [1.54, 1.807) is 20.0 Å². The molecule has 8 heteroatoms. The zero-order valence-electron chi connectivity index (χ0n) is 15.5. The van der Waals surface area contributed by atoms with Crippen molar-refractivity contribution in [1.82, 2.24) is 9.38 Å². The summed E-state index contributed by atoms with van der Waals surface area (Å²) in [5.41, 5.74) is 2.75. The minimum absolute atomic E-state index is 0.272. The topological polar surface area (TPSA) is 67.1 Å². The van der Waals surface area contributed by atoms with Crippen LogP contribution in [-0.2, 0) is 4.74 Å². The molecule has 28 heavy (non-hydrogen) atoms. The van der Waals surface area contributed by atoms with Crippen molar-refractivity contribution >= 4 is 17.3 Å². The monoisotopic (exact) mass is 387 g/mol. The van der Waals surface area contributed by atoms with Gasteiger partial charge in [0.15, 0.2) is 5.65 Å². The number of rotatable bonds is 3. The van der Waals surface area contributed by atoms with Crippen LogP contribution in [0.25, 0.3) is 16.8 Å². The number of hydrogen-bond acceptors (Lipinski definition) is 4. The Bertz CT molecular complexity index is 1090. The number of fused-ring (bicyclic) bond motifs is 1. The Hall–Kier alpha value is -3.00. The van der Waals surface area contributed by atoms with Gasteiger partial charge in [0, 0.05) is 24.8 Å². The van der Waals surface area contributed by atoms with Crippen LogP contribution in [0.1, 0.15) is 21.6 Å². The summed E-state index contributed by atoms with van der Waals surface area (Å²) in [4.78, 5) is 17.8. The maximum atomic E-state index is 14.7. The Kier molecular flexibility index (Phi) is 4.50. The first-order chi connectivity index (χ1) is 13.4. The molecule has 1 aliphatic rings. The molecule has 0 aliphatic carbocycles. The molecular formula is C20H19F2N3O3. The van der Waals surface area contributed by atoms with Crippen molar-refractivity contribution in [3.8, 4) is 11.1 Å². The summed E-state index contributed by atoms with van der Waals surface area (Å²) in [7, 11) is 0. The number of imidazole rings is 1. The number of carboxylic acids is 1. The highest BCUT2D eigenvalue weighted by molar-refractivity contribution is 5.91. The largest absolute Gasteiger partial charge is 0.478 e. The van der Waals surface area contributed by atoms with Crippen LogP contribution in [0.15, 0.2) is 24.4 Å². The second-order valence-electron chi connectivity index (χ2n) is 6.85. The van der Waals surface area contributed by atoms with E-state index < -0.39 is 23.3 Å². The summed E-state index contributed by atoms with van der Waals surface area (Å²) in [5, 5.41) is 9.27. The summed E-state index contributed by atoms with van der Waals surface area (Å²) in [5.74, 6) is -2.63. The fourth-order valence-corrected chi connectivity index (χ4v) is 3.54. The minimum atomic E-state index is -1.35. The maximum Gasteiger partial charge on any atom is 0.338 e. The maximum absolute atomic E-state index is 14.7. The van der Waals surface area contributed by atoms with Gasteiger partial charge in [0.05, 0.1) is 30.2 Å². The number of morpholine rings is 1. The zero-order valence-corrected chi connectivity index (χ0v) is 15.5. The lowest BCUT2D eigenvalue weighted by Gasteiger charge is -2.29. The lowest BCUT2D eigenvalue weighted by Crippen LogP contribution is -2.36. The highest BCUT2D eigenvalue weighted by Crippen LogP contribution is 2.33. The van der Waals surface area contributed by atoms with E-state index in [1.807, 2.05) is 6.07 Å². The lowest BCUT2D eigenvalue weighted by molar-refractivity contribution is 0.0692. The van der Waals surface area contributed by atoms with Crippen LogP contribution in [0.3, 0.4) is 0 Å². The fraction of sp³-hybridized carbons (Fsp3) is 0.300. The number of nitrogens with zero attached hydrogens (tertiary/aromatic N) is 3. The molecule has 1 N–H and O–H groups in total. The van der Waals surface area contributed by atoms with Crippen LogP contribution in [0.5, 0.6) is 0 Å². The van der Waals surface area contributed by atoms with Gasteiger partial charge in [-0.2, -0.15) is 4.39 Å². The third-order valence-corrected chi connectivity index (χ3v) is 5.01. The molecule has 0 saturated carbocycles. The summed E-state index contributed by atoms with van der Waals surface area (Å²) < 4.78 is 35.4. The fourth-order valence-electron chi connectivity index (χ4n) is 3.54. The van der Waals surface area contributed by atoms with Crippen molar-refractivity contribution in [3.63, 3.8) is 0 Å². The Balaban J connectivity index is 1.97. The summed E-state index contributed by atoms with van der Waals surface area (Å²) in [6.45, 7) is 5.66. The molecule has 3 aromatic rings. The number of aromatic nitrogens is 2. The van der Waals surface area contributed by atoms with Crippen LogP contribution < -0.4 is 4.90 Å². The quantitative estimate of drug-likeness (QED) is 0.746. The Labute approximate surface area is 160 Å². The van der Waals surface area contributed by atoms with Crippen molar-refractivity contribution in [2.24, 2.45) is 0 Å². The molecule has 0 atom stereocenters. The summed E-state index contributed by atoms with van der Waals surface area (Å²) in [6, 6.07) is 4.32. The van der Waals surface area contributed by atoms with Crippen LogP contribution in [-0.4, -0.2) is 46.8 Å². The van der Waals surface area contributed by atoms with E-state index in [0.29, 0.717) is 48.6 Å². The summed E-state index contributed by atoms with van der Waals surface area (Å²) >= 11 is 0. The average Bonchev–Trinajstić information content (AvgIpc) is 2.96. The highest BCUT2D eigenvalue weighted by atomic mass is 19.1. The number of halogens is 2. The Morgan fingerprint density at radius 2 is 1.89 bits per heavy atom. The third-order valence-electron chi connectivity index (χ3n) is 5.01. The normalized spacial score (nSPS) is 14.6. The van der Waals surface area contributed by atoms with E-state index in [0.717, 1.165) is 5.69 Å². The molecule has 0 radical (unpaired) electrons. The highest BCUT2D eigenvalue weighted by Gasteiger charge is 2.21. The first-order valence-electron chi connectivity index (χ1n) is 8.91. The number of anilines is 1. The molecule has 1 aromatic carbocycles. The number of carboxylic acid groups (broad SMARTS) is 1. The van der Waals surface area contributed by atoms with Gasteiger partial charge in [0.1, 0.15) is 5.82 Å². The molecule has 0 amide bonds. The van der Waals surface area contributed by atoms with Crippen LogP contribution in [0.4, 0.5) is 14.5 Å². The van der Waals surface area contributed by atoms with Crippen molar-refractivity contribution in [1.29, 1.82) is 0 Å². The third kappa shape index (κ3) is 2.99. The van der Waals surface area contributed by atoms with Gasteiger partial charge in [0.25, 0.3) is 0 Å². The SMILES string of the molecule is Cc1cc(F)c(C(=O)O)cc1-c1cc(N2CCOCC2)c2nc(C)c(F)n2c1. The van der Waals surface area contributed by atoms with E-state index in [4.69, 9.17) is 4.74 Å². The number of pyridine rings is 1. The van der Waals surface area contributed by atoms with Gasteiger partial charge in [-0.3, -0.25) is 4.40 Å². The van der Waals surface area contributed by atoms with E-state index in [-0.39, 0.29) is 5.69 Å². The average molecular weight is 387 g/mol. The Morgan fingerprint density at radius 3 is 2.57 bits per heavy atom. The van der Waals surface area contributed by atoms with Crippen molar-refractivity contribution in [2.45, 2.75) is 13.8 Å². The molecule has 1 aliphatic heterocycles. The first-order valence-corrected chi connectivity index (χ1v) is 8.91. The zero-order chi connectivity index (χ0) is 20.0. The molecule has 0 unspecified atom stereocenters. The molecule has 0 bridgehead atoms. The molecule has 1 fully saturated rings. The number of hydrogen-bond donors (Lipinski definition) is 1. The number of carbonyl (C=O) groups is 1. The molecule has 4 rings (SSSR count). The van der Waals surface area contributed by atoms with E-state index in [1.165, 1.54) is 16.5 Å². The lowest BCUT2D eigenvalue weighted by atomic mass is 9.98. The number of benzene rings is 1. The van der Waals surface area contributed by atoms with Gasteiger partial charge >= 0.3 is 5.97 Å². The van der Waals surface area contributed by atoms with Crippen LogP contribution >= 0.6 is 0 Å². The van der Waals surface area contributed by atoms with Crippen LogP contribution in [0.2, 0.25) is 0 Å². The summed E-state index contributed by atoms with van der Waals surface area (Å²) in [6.07, 6.45) is 1.57. The van der Waals surface area contributed by atoms with Gasteiger partial charge in [-0.05, 0) is 43.2 Å². The van der Waals surface area contributed by atoms with Gasteiger partial charge in [-0.25, -0.2) is 14.2 Å². The molecule has 3 heterocycles. The molecular weight excluding hydrogens is 368 g/mol. The second-order valence-corrected chi connectivity index (χ2v) is 6.85. The van der Waals surface area contributed by atoms with Crippen molar-refractivity contribution in [3.05, 3.63) is 53.0 Å². The second kappa shape index (κ2) is 6.87. The predicted octanol–water partition coefficient (Wildman–Crippen LogP) is 3.43. The van der Waals surface area contributed by atoms with Gasteiger partial charge in [0.2, 0.25) is 5.95 Å². The standard InChI is InChI=1S/C20H19F2N3O3/c1-11-7-16(21)15(20(26)27)9-14(11)13-8-17(24-3-5-28-6-4-24)19-23-12(2)18(22)25(19)10-13/h7-10H,3-6H2,1-2H3,(H,26,27). The first kappa shape index (κ1) is 18.4. The number of aromatic carboxylic acids is 1. The number of ether oxygens (including phenoxy) is 1. The van der Waals surface area contributed by atoms with E-state index in [9.17, 15) is 18.7 Å². The molecule has 6 nitrogen and oxygen atoms in total. The predicted molar refractivity (Wildman–Crippen MR) is 100 cm³/mol. The van der Waals surface area contributed by atoms with Gasteiger partial charge < -0.3 is 14.7 Å².